The number of amides is 1. The predicted octanol–water partition coefficient (Wildman–Crippen LogP) is 5.23. The van der Waals surface area contributed by atoms with E-state index in [1.807, 2.05) is 37.3 Å². The van der Waals surface area contributed by atoms with Crippen molar-refractivity contribution in [1.29, 1.82) is 0 Å². The summed E-state index contributed by atoms with van der Waals surface area (Å²) in [6.45, 7) is 2.76. The standard InChI is InChI=1S/C22H20INO4/c1-2-27-21-19(23)11-16(22(26)24-17-9-6-10-18(25)13-17)12-20(21)28-14-15-7-4-3-5-8-15/h3-13,25H,2,14H2,1H3,(H,24,26). The van der Waals surface area contributed by atoms with Crippen LogP contribution in [0.4, 0.5) is 5.69 Å². The zero-order chi connectivity index (χ0) is 19.9. The first kappa shape index (κ1) is 20.0. The molecule has 0 atom stereocenters. The molecule has 0 aromatic heterocycles. The summed E-state index contributed by atoms with van der Waals surface area (Å²) in [5, 5.41) is 12.3. The highest BCUT2D eigenvalue weighted by atomic mass is 127. The van der Waals surface area contributed by atoms with Crippen molar-refractivity contribution < 1.29 is 19.4 Å². The van der Waals surface area contributed by atoms with Gasteiger partial charge in [0, 0.05) is 17.3 Å². The van der Waals surface area contributed by atoms with E-state index >= 15 is 0 Å². The molecule has 0 radical (unpaired) electrons. The van der Waals surface area contributed by atoms with Crippen molar-refractivity contribution >= 4 is 34.2 Å². The summed E-state index contributed by atoms with van der Waals surface area (Å²) in [7, 11) is 0. The van der Waals surface area contributed by atoms with E-state index < -0.39 is 0 Å². The first-order valence-corrected chi connectivity index (χ1v) is 9.88. The second-order valence-corrected chi connectivity index (χ2v) is 7.16. The normalized spacial score (nSPS) is 10.4. The predicted molar refractivity (Wildman–Crippen MR) is 117 cm³/mol. The molecule has 6 heteroatoms. The third-order valence-electron chi connectivity index (χ3n) is 3.90. The number of rotatable bonds is 7. The third kappa shape index (κ3) is 5.16. The average molecular weight is 489 g/mol. The molecule has 3 rings (SSSR count). The maximum Gasteiger partial charge on any atom is 0.255 e. The Bertz CT molecular complexity index is 960. The molecular weight excluding hydrogens is 469 g/mol. The zero-order valence-electron chi connectivity index (χ0n) is 15.3. The van der Waals surface area contributed by atoms with Gasteiger partial charge in [-0.1, -0.05) is 36.4 Å². The van der Waals surface area contributed by atoms with E-state index in [1.165, 1.54) is 6.07 Å². The van der Waals surface area contributed by atoms with E-state index in [0.717, 1.165) is 9.13 Å². The maximum atomic E-state index is 12.7. The van der Waals surface area contributed by atoms with Gasteiger partial charge >= 0.3 is 0 Å². The van der Waals surface area contributed by atoms with Crippen molar-refractivity contribution in [2.75, 3.05) is 11.9 Å². The molecule has 0 spiro atoms. The first-order valence-electron chi connectivity index (χ1n) is 8.80. The van der Waals surface area contributed by atoms with Crippen molar-refractivity contribution in [2.24, 2.45) is 0 Å². The summed E-state index contributed by atoms with van der Waals surface area (Å²) in [6, 6.07) is 19.6. The Labute approximate surface area is 177 Å². The molecule has 0 heterocycles. The van der Waals surface area contributed by atoms with E-state index in [4.69, 9.17) is 9.47 Å². The lowest BCUT2D eigenvalue weighted by Crippen LogP contribution is -2.13. The Kier molecular flexibility index (Phi) is 6.76. The van der Waals surface area contributed by atoms with E-state index in [1.54, 1.807) is 30.3 Å². The highest BCUT2D eigenvalue weighted by Crippen LogP contribution is 2.35. The van der Waals surface area contributed by atoms with Crippen LogP contribution in [-0.2, 0) is 6.61 Å². The van der Waals surface area contributed by atoms with Crippen molar-refractivity contribution in [1.82, 2.24) is 0 Å². The van der Waals surface area contributed by atoms with Gasteiger partial charge in [0.25, 0.3) is 5.91 Å². The third-order valence-corrected chi connectivity index (χ3v) is 4.70. The number of halogens is 1. The van der Waals surface area contributed by atoms with Crippen molar-refractivity contribution in [3.8, 4) is 17.2 Å². The van der Waals surface area contributed by atoms with Gasteiger partial charge in [-0.15, -0.1) is 0 Å². The molecule has 0 fully saturated rings. The van der Waals surface area contributed by atoms with Gasteiger partial charge in [0.15, 0.2) is 11.5 Å². The molecule has 28 heavy (non-hydrogen) atoms. The van der Waals surface area contributed by atoms with Crippen LogP contribution in [0, 0.1) is 3.57 Å². The largest absolute Gasteiger partial charge is 0.508 e. The number of ether oxygens (including phenoxy) is 2. The number of phenolic OH excluding ortho intramolecular Hbond substituents is 1. The number of benzene rings is 3. The van der Waals surface area contributed by atoms with E-state index in [2.05, 4.69) is 27.9 Å². The number of carbonyl (C=O) groups is 1. The maximum absolute atomic E-state index is 12.7. The number of hydrogen-bond acceptors (Lipinski definition) is 4. The molecule has 0 aliphatic heterocycles. The van der Waals surface area contributed by atoms with Crippen LogP contribution in [0.15, 0.2) is 66.7 Å². The Morgan fingerprint density at radius 3 is 2.54 bits per heavy atom. The van der Waals surface area contributed by atoms with Gasteiger partial charge in [0.2, 0.25) is 0 Å². The second kappa shape index (κ2) is 9.45. The molecule has 0 aliphatic carbocycles. The van der Waals surface area contributed by atoms with Crippen LogP contribution in [0.1, 0.15) is 22.8 Å². The van der Waals surface area contributed by atoms with Gasteiger partial charge in [0.05, 0.1) is 10.2 Å². The van der Waals surface area contributed by atoms with Crippen LogP contribution in [0.5, 0.6) is 17.2 Å². The van der Waals surface area contributed by atoms with Crippen molar-refractivity contribution in [3.63, 3.8) is 0 Å². The Morgan fingerprint density at radius 1 is 1.04 bits per heavy atom. The summed E-state index contributed by atoms with van der Waals surface area (Å²) in [5.74, 6) is 0.925. The molecule has 0 bridgehead atoms. The molecule has 0 aliphatic rings. The average Bonchev–Trinajstić information content (AvgIpc) is 2.69. The van der Waals surface area contributed by atoms with Gasteiger partial charge in [-0.25, -0.2) is 0 Å². The molecule has 0 saturated carbocycles. The SMILES string of the molecule is CCOc1c(I)cc(C(=O)Nc2cccc(O)c2)cc1OCc1ccccc1. The van der Waals surface area contributed by atoms with E-state index in [-0.39, 0.29) is 11.7 Å². The van der Waals surface area contributed by atoms with Gasteiger partial charge < -0.3 is 19.9 Å². The smallest absolute Gasteiger partial charge is 0.255 e. The number of anilines is 1. The monoisotopic (exact) mass is 489 g/mol. The van der Waals surface area contributed by atoms with Crippen LogP contribution in [-0.4, -0.2) is 17.6 Å². The number of phenols is 1. The van der Waals surface area contributed by atoms with Crippen LogP contribution >= 0.6 is 22.6 Å². The minimum absolute atomic E-state index is 0.0888. The number of nitrogens with one attached hydrogen (secondary N) is 1. The van der Waals surface area contributed by atoms with Crippen molar-refractivity contribution in [3.05, 3.63) is 81.4 Å². The molecule has 2 N–H and O–H groups in total. The van der Waals surface area contributed by atoms with Gasteiger partial charge in [-0.3, -0.25) is 4.79 Å². The van der Waals surface area contributed by atoms with Crippen LogP contribution in [0.25, 0.3) is 0 Å². The molecule has 0 saturated heterocycles. The highest BCUT2D eigenvalue weighted by Gasteiger charge is 2.16. The number of aromatic hydroxyl groups is 1. The first-order chi connectivity index (χ1) is 13.6. The van der Waals surface area contributed by atoms with Gasteiger partial charge in [0.1, 0.15) is 12.4 Å². The summed E-state index contributed by atoms with van der Waals surface area (Å²) in [4.78, 5) is 12.7. The van der Waals surface area contributed by atoms with Gasteiger partial charge in [-0.2, -0.15) is 0 Å². The van der Waals surface area contributed by atoms with Crippen molar-refractivity contribution in [2.45, 2.75) is 13.5 Å². The quantitative estimate of drug-likeness (QED) is 0.447. The molecular formula is C22H20INO4. The topological polar surface area (TPSA) is 67.8 Å². The molecule has 3 aromatic rings. The Hall–Kier alpha value is -2.74. The lowest BCUT2D eigenvalue weighted by atomic mass is 10.1. The fourth-order valence-electron chi connectivity index (χ4n) is 2.61. The summed E-state index contributed by atoms with van der Waals surface area (Å²) < 4.78 is 12.5. The minimum Gasteiger partial charge on any atom is -0.508 e. The van der Waals surface area contributed by atoms with Crippen LogP contribution < -0.4 is 14.8 Å². The van der Waals surface area contributed by atoms with E-state index in [0.29, 0.717) is 36.0 Å². The molecule has 1 amide bonds. The Morgan fingerprint density at radius 2 is 1.82 bits per heavy atom. The molecule has 3 aromatic carbocycles. The summed E-state index contributed by atoms with van der Waals surface area (Å²) >= 11 is 2.13. The second-order valence-electron chi connectivity index (χ2n) is 6.00. The van der Waals surface area contributed by atoms with E-state index in [9.17, 15) is 9.90 Å². The fraction of sp³-hybridized carbons (Fsp3) is 0.136. The highest BCUT2D eigenvalue weighted by molar-refractivity contribution is 14.1. The molecule has 0 unspecified atom stereocenters. The lowest BCUT2D eigenvalue weighted by molar-refractivity contribution is 0.102. The molecule has 5 nitrogen and oxygen atoms in total. The lowest BCUT2D eigenvalue weighted by Gasteiger charge is -2.15. The molecule has 144 valence electrons. The fourth-order valence-corrected chi connectivity index (χ4v) is 3.37. The van der Waals surface area contributed by atoms with Gasteiger partial charge in [-0.05, 0) is 59.3 Å². The van der Waals surface area contributed by atoms with Crippen LogP contribution in [0.3, 0.4) is 0 Å². The van der Waals surface area contributed by atoms with Crippen LogP contribution in [0.2, 0.25) is 0 Å². The summed E-state index contributed by atoms with van der Waals surface area (Å²) in [6.07, 6.45) is 0. The Balaban J connectivity index is 1.85. The zero-order valence-corrected chi connectivity index (χ0v) is 17.5. The summed E-state index contributed by atoms with van der Waals surface area (Å²) in [5.41, 5.74) is 1.98. The minimum atomic E-state index is -0.295. The number of carbonyl (C=O) groups excluding carboxylic acids is 1. The number of hydrogen-bond donors (Lipinski definition) is 2.